The lowest BCUT2D eigenvalue weighted by atomic mass is 10.3. The largest absolute Gasteiger partial charge is 0.396 e. The molecule has 1 aromatic heterocycles. The number of hydrogen-bond donors (Lipinski definition) is 2. The molecule has 1 saturated carbocycles. The van der Waals surface area contributed by atoms with Gasteiger partial charge in [0.05, 0.1) is 18.1 Å². The molecule has 88 valence electrons. The van der Waals surface area contributed by atoms with Crippen LogP contribution in [0.25, 0.3) is 0 Å². The van der Waals surface area contributed by atoms with E-state index in [1.807, 2.05) is 0 Å². The summed E-state index contributed by atoms with van der Waals surface area (Å²) in [5, 5.41) is 3.22. The zero-order chi connectivity index (χ0) is 11.5. The fourth-order valence-corrected chi connectivity index (χ4v) is 1.65. The summed E-state index contributed by atoms with van der Waals surface area (Å²) >= 11 is 0. The quantitative estimate of drug-likeness (QED) is 0.775. The van der Waals surface area contributed by atoms with Gasteiger partial charge in [0.1, 0.15) is 0 Å². The summed E-state index contributed by atoms with van der Waals surface area (Å²) in [4.78, 5) is 10.6. The molecule has 0 aliphatic heterocycles. The summed E-state index contributed by atoms with van der Waals surface area (Å²) in [5.41, 5.74) is 6.11. The molecule has 5 nitrogen and oxygen atoms in total. The number of rotatable bonds is 5. The van der Waals surface area contributed by atoms with Gasteiger partial charge in [-0.3, -0.25) is 4.90 Å². The van der Waals surface area contributed by atoms with Crippen LogP contribution in [-0.4, -0.2) is 40.5 Å². The van der Waals surface area contributed by atoms with E-state index in [1.54, 1.807) is 12.4 Å². The van der Waals surface area contributed by atoms with Crippen LogP contribution in [0.4, 0.5) is 11.6 Å². The van der Waals surface area contributed by atoms with E-state index < -0.39 is 0 Å². The van der Waals surface area contributed by atoms with Crippen molar-refractivity contribution in [1.29, 1.82) is 0 Å². The maximum absolute atomic E-state index is 5.52. The maximum Gasteiger partial charge on any atom is 0.222 e. The second kappa shape index (κ2) is 4.65. The van der Waals surface area contributed by atoms with Crippen molar-refractivity contribution >= 4 is 11.6 Å². The second-order valence-corrected chi connectivity index (χ2v) is 4.47. The number of nitrogens with two attached hydrogens (primary N) is 1. The summed E-state index contributed by atoms with van der Waals surface area (Å²) in [5.74, 6) is 0.644. The molecule has 16 heavy (non-hydrogen) atoms. The van der Waals surface area contributed by atoms with Gasteiger partial charge in [0.15, 0.2) is 0 Å². The average Bonchev–Trinajstić information content (AvgIpc) is 3.11. The molecule has 2 rings (SSSR count). The standard InChI is InChI=1S/C11H19N5/c1-8(16(2)10-3-4-10)5-13-11-14-6-9(12)7-15-11/h6-8,10H,3-5,12H2,1-2H3,(H,13,14,15). The van der Waals surface area contributed by atoms with Crippen molar-refractivity contribution in [1.82, 2.24) is 14.9 Å². The molecule has 3 N–H and O–H groups in total. The first kappa shape index (κ1) is 11.1. The van der Waals surface area contributed by atoms with Gasteiger partial charge in [-0.2, -0.15) is 0 Å². The average molecular weight is 221 g/mol. The highest BCUT2D eigenvalue weighted by Crippen LogP contribution is 2.26. The second-order valence-electron chi connectivity index (χ2n) is 4.47. The minimum absolute atomic E-state index is 0.494. The van der Waals surface area contributed by atoms with Gasteiger partial charge in [0.2, 0.25) is 5.95 Å². The van der Waals surface area contributed by atoms with Crippen LogP contribution in [0.1, 0.15) is 19.8 Å². The van der Waals surface area contributed by atoms with Crippen molar-refractivity contribution < 1.29 is 0 Å². The molecule has 0 aromatic carbocycles. The molecule has 5 heteroatoms. The minimum atomic E-state index is 0.494. The number of aromatic nitrogens is 2. The molecule has 0 spiro atoms. The first-order valence-electron chi connectivity index (χ1n) is 5.70. The lowest BCUT2D eigenvalue weighted by Crippen LogP contribution is -2.36. The molecule has 0 radical (unpaired) electrons. The molecular weight excluding hydrogens is 202 g/mol. The molecule has 1 atom stereocenters. The van der Waals surface area contributed by atoms with Gasteiger partial charge in [0, 0.05) is 18.6 Å². The smallest absolute Gasteiger partial charge is 0.222 e. The zero-order valence-electron chi connectivity index (χ0n) is 9.85. The maximum atomic E-state index is 5.52. The van der Waals surface area contributed by atoms with E-state index in [9.17, 15) is 0 Å². The topological polar surface area (TPSA) is 67.1 Å². The molecule has 0 amide bonds. The lowest BCUT2D eigenvalue weighted by molar-refractivity contribution is 0.257. The molecule has 0 bridgehead atoms. The summed E-state index contributed by atoms with van der Waals surface area (Å²) < 4.78 is 0. The van der Waals surface area contributed by atoms with Gasteiger partial charge in [-0.1, -0.05) is 0 Å². The van der Waals surface area contributed by atoms with Crippen LogP contribution in [0.3, 0.4) is 0 Å². The molecule has 1 aliphatic rings. The lowest BCUT2D eigenvalue weighted by Gasteiger charge is -2.24. The third-order valence-electron chi connectivity index (χ3n) is 3.05. The Balaban J connectivity index is 1.79. The summed E-state index contributed by atoms with van der Waals surface area (Å²) in [7, 11) is 2.17. The predicted molar refractivity (Wildman–Crippen MR) is 65.2 cm³/mol. The molecule has 1 aromatic rings. The highest BCUT2D eigenvalue weighted by atomic mass is 15.2. The summed E-state index contributed by atoms with van der Waals surface area (Å²) in [6.07, 6.45) is 5.90. The van der Waals surface area contributed by atoms with Crippen molar-refractivity contribution in [3.8, 4) is 0 Å². The Bertz CT molecular complexity index is 333. The van der Waals surface area contributed by atoms with E-state index in [1.165, 1.54) is 12.8 Å². The third-order valence-corrected chi connectivity index (χ3v) is 3.05. The van der Waals surface area contributed by atoms with Crippen molar-refractivity contribution in [3.05, 3.63) is 12.4 Å². The van der Waals surface area contributed by atoms with E-state index in [0.717, 1.165) is 12.6 Å². The summed E-state index contributed by atoms with van der Waals surface area (Å²) in [6.45, 7) is 3.07. The Labute approximate surface area is 96.1 Å². The molecular formula is C11H19N5. The van der Waals surface area contributed by atoms with Crippen molar-refractivity contribution in [2.24, 2.45) is 0 Å². The van der Waals surface area contributed by atoms with Gasteiger partial charge in [-0.05, 0) is 26.8 Å². The van der Waals surface area contributed by atoms with Gasteiger partial charge < -0.3 is 11.1 Å². The van der Waals surface area contributed by atoms with Crippen LogP contribution < -0.4 is 11.1 Å². The van der Waals surface area contributed by atoms with Crippen LogP contribution in [0, 0.1) is 0 Å². The molecule has 0 saturated heterocycles. The van der Waals surface area contributed by atoms with Crippen LogP contribution in [0.5, 0.6) is 0 Å². The van der Waals surface area contributed by atoms with E-state index in [4.69, 9.17) is 5.73 Å². The molecule has 1 unspecified atom stereocenters. The Morgan fingerprint density at radius 2 is 2.12 bits per heavy atom. The number of likely N-dealkylation sites (N-methyl/N-ethyl adjacent to an activating group) is 1. The number of hydrogen-bond acceptors (Lipinski definition) is 5. The molecule has 1 aliphatic carbocycles. The highest BCUT2D eigenvalue weighted by molar-refractivity contribution is 5.35. The zero-order valence-corrected chi connectivity index (χ0v) is 9.85. The normalized spacial score (nSPS) is 17.4. The Kier molecular flexibility index (Phi) is 3.24. The Hall–Kier alpha value is -1.36. The monoisotopic (exact) mass is 221 g/mol. The number of nitrogens with one attached hydrogen (secondary N) is 1. The van der Waals surface area contributed by atoms with E-state index in [2.05, 4.69) is 34.2 Å². The first-order chi connectivity index (χ1) is 7.66. The molecule has 1 heterocycles. The minimum Gasteiger partial charge on any atom is -0.396 e. The van der Waals surface area contributed by atoms with Gasteiger partial charge >= 0.3 is 0 Å². The van der Waals surface area contributed by atoms with E-state index in [0.29, 0.717) is 17.7 Å². The van der Waals surface area contributed by atoms with Gasteiger partial charge in [-0.15, -0.1) is 0 Å². The summed E-state index contributed by atoms with van der Waals surface area (Å²) in [6, 6.07) is 1.28. The Morgan fingerprint density at radius 3 is 2.69 bits per heavy atom. The van der Waals surface area contributed by atoms with Crippen molar-refractivity contribution in [2.45, 2.75) is 31.8 Å². The van der Waals surface area contributed by atoms with Gasteiger partial charge in [-0.25, -0.2) is 9.97 Å². The van der Waals surface area contributed by atoms with E-state index >= 15 is 0 Å². The first-order valence-corrected chi connectivity index (χ1v) is 5.70. The van der Waals surface area contributed by atoms with Gasteiger partial charge in [0.25, 0.3) is 0 Å². The van der Waals surface area contributed by atoms with Crippen molar-refractivity contribution in [2.75, 3.05) is 24.6 Å². The SMILES string of the molecule is CC(CNc1ncc(N)cn1)N(C)C1CC1. The third kappa shape index (κ3) is 2.82. The van der Waals surface area contributed by atoms with Crippen LogP contribution in [0.15, 0.2) is 12.4 Å². The fourth-order valence-electron chi connectivity index (χ4n) is 1.65. The number of anilines is 2. The van der Waals surface area contributed by atoms with Crippen LogP contribution >= 0.6 is 0 Å². The van der Waals surface area contributed by atoms with Crippen molar-refractivity contribution in [3.63, 3.8) is 0 Å². The number of nitrogen functional groups attached to an aromatic ring is 1. The molecule has 1 fully saturated rings. The Morgan fingerprint density at radius 1 is 1.50 bits per heavy atom. The van der Waals surface area contributed by atoms with Crippen LogP contribution in [0.2, 0.25) is 0 Å². The van der Waals surface area contributed by atoms with Crippen LogP contribution in [-0.2, 0) is 0 Å². The van der Waals surface area contributed by atoms with E-state index in [-0.39, 0.29) is 0 Å². The number of nitrogens with zero attached hydrogens (tertiary/aromatic N) is 3. The predicted octanol–water partition coefficient (Wildman–Crippen LogP) is 0.953. The fraction of sp³-hybridized carbons (Fsp3) is 0.636. The highest BCUT2D eigenvalue weighted by Gasteiger charge is 2.28.